The third-order valence-electron chi connectivity index (χ3n) is 2.04. The van der Waals surface area contributed by atoms with Crippen LogP contribution in [-0.2, 0) is 10.8 Å². The maximum absolute atomic E-state index is 11.2. The van der Waals surface area contributed by atoms with E-state index < -0.39 is 16.5 Å². The molecule has 0 aliphatic carbocycles. The molecule has 0 saturated heterocycles. The summed E-state index contributed by atoms with van der Waals surface area (Å²) in [6.45, 7) is 0. The second kappa shape index (κ2) is 4.92. The number of nitrogens with zero attached hydrogens (tertiary/aromatic N) is 1. The summed E-state index contributed by atoms with van der Waals surface area (Å²) >= 11 is 0. The lowest BCUT2D eigenvalue weighted by Crippen LogP contribution is -2.07. The molecule has 0 saturated carbocycles. The summed E-state index contributed by atoms with van der Waals surface area (Å²) in [4.78, 5) is 17.4. The minimum absolute atomic E-state index is 0.422. The predicted octanol–water partition coefficient (Wildman–Crippen LogP) is 1.30. The van der Waals surface area contributed by atoms with E-state index in [1.54, 1.807) is 30.5 Å². The molecule has 1 aromatic heterocycles. The van der Waals surface area contributed by atoms with Gasteiger partial charge in [0.1, 0.15) is 5.75 Å². The minimum Gasteiger partial charge on any atom is -0.454 e. The van der Waals surface area contributed by atoms with Crippen molar-refractivity contribution in [3.8, 4) is 11.5 Å². The Balaban J connectivity index is 2.16. The van der Waals surface area contributed by atoms with Crippen molar-refractivity contribution >= 4 is 10.8 Å². The van der Waals surface area contributed by atoms with Crippen LogP contribution in [0.5, 0.6) is 11.5 Å². The Hall–Kier alpha value is -1.95. The van der Waals surface area contributed by atoms with Gasteiger partial charge in [-0.05, 0) is 24.3 Å². The molecule has 1 aromatic carbocycles. The largest absolute Gasteiger partial charge is 0.454 e. The highest BCUT2D eigenvalue weighted by atomic mass is 32.2. The van der Waals surface area contributed by atoms with Gasteiger partial charge in [-0.15, -0.1) is 0 Å². The molecule has 2 aromatic rings. The minimum atomic E-state index is -1.00. The molecule has 0 radical (unpaired) electrons. The van der Waals surface area contributed by atoms with Crippen molar-refractivity contribution in [2.24, 2.45) is 0 Å². The summed E-state index contributed by atoms with van der Waals surface area (Å²) in [6, 6.07) is 6.87. The second-order valence-corrected chi connectivity index (χ2v) is 4.66. The van der Waals surface area contributed by atoms with Gasteiger partial charge in [0.2, 0.25) is 0 Å². The molecule has 1 N–H and O–H groups in total. The van der Waals surface area contributed by atoms with E-state index in [1.165, 1.54) is 12.4 Å². The lowest BCUT2D eigenvalue weighted by Gasteiger charge is -2.04. The molecule has 0 spiro atoms. The van der Waals surface area contributed by atoms with Gasteiger partial charge < -0.3 is 9.72 Å². The van der Waals surface area contributed by atoms with Crippen LogP contribution in [0.15, 0.2) is 46.3 Å². The van der Waals surface area contributed by atoms with Gasteiger partial charge in [-0.1, -0.05) is 0 Å². The molecule has 88 valence electrons. The first kappa shape index (κ1) is 11.5. The van der Waals surface area contributed by atoms with Crippen LogP contribution in [0.4, 0.5) is 0 Å². The maximum atomic E-state index is 11.2. The molecule has 5 nitrogen and oxygen atoms in total. The van der Waals surface area contributed by atoms with Crippen molar-refractivity contribution in [3.63, 3.8) is 0 Å². The Kier molecular flexibility index (Phi) is 3.34. The van der Waals surface area contributed by atoms with Crippen LogP contribution >= 0.6 is 0 Å². The smallest absolute Gasteiger partial charge is 0.345 e. The van der Waals surface area contributed by atoms with Gasteiger partial charge in [0.15, 0.2) is 5.75 Å². The van der Waals surface area contributed by atoms with Crippen LogP contribution in [0.25, 0.3) is 0 Å². The molecule has 0 bridgehead atoms. The summed E-state index contributed by atoms with van der Waals surface area (Å²) < 4.78 is 16.6. The Morgan fingerprint density at radius 2 is 1.94 bits per heavy atom. The highest BCUT2D eigenvalue weighted by Gasteiger charge is 2.00. The van der Waals surface area contributed by atoms with Gasteiger partial charge in [0.25, 0.3) is 0 Å². The van der Waals surface area contributed by atoms with Gasteiger partial charge in [0.05, 0.1) is 12.4 Å². The lowest BCUT2D eigenvalue weighted by atomic mass is 10.3. The molecule has 1 atom stereocenters. The van der Waals surface area contributed by atoms with Gasteiger partial charge in [0, 0.05) is 22.0 Å². The third-order valence-corrected chi connectivity index (χ3v) is 2.97. The highest BCUT2D eigenvalue weighted by molar-refractivity contribution is 7.84. The average Bonchev–Trinajstić information content (AvgIpc) is 2.33. The lowest BCUT2D eigenvalue weighted by molar-refractivity contribution is 0.476. The van der Waals surface area contributed by atoms with Crippen molar-refractivity contribution in [2.45, 2.75) is 4.90 Å². The molecule has 1 unspecified atom stereocenters. The van der Waals surface area contributed by atoms with Crippen LogP contribution in [0.1, 0.15) is 0 Å². The maximum Gasteiger partial charge on any atom is 0.345 e. The normalized spacial score (nSPS) is 12.1. The molecule has 2 rings (SSSR count). The zero-order chi connectivity index (χ0) is 12.3. The summed E-state index contributed by atoms with van der Waals surface area (Å²) in [5.74, 6) is 1.03. The molecule has 17 heavy (non-hydrogen) atoms. The quantitative estimate of drug-likeness (QED) is 0.891. The molecule has 6 heteroatoms. The fourth-order valence-corrected chi connectivity index (χ4v) is 1.74. The first-order chi connectivity index (χ1) is 8.15. The van der Waals surface area contributed by atoms with Gasteiger partial charge in [-0.2, -0.15) is 4.98 Å². The van der Waals surface area contributed by atoms with E-state index in [9.17, 15) is 9.00 Å². The van der Waals surface area contributed by atoms with Crippen molar-refractivity contribution < 1.29 is 8.95 Å². The van der Waals surface area contributed by atoms with Crippen LogP contribution < -0.4 is 10.4 Å². The number of ether oxygens (including phenoxy) is 1. The molecular weight excluding hydrogens is 240 g/mol. The van der Waals surface area contributed by atoms with Crippen LogP contribution in [0.3, 0.4) is 0 Å². The summed E-state index contributed by atoms with van der Waals surface area (Å²) in [5.41, 5.74) is -0.422. The fraction of sp³-hybridized carbons (Fsp3) is 0.0909. The molecule has 1 heterocycles. The van der Waals surface area contributed by atoms with Gasteiger partial charge >= 0.3 is 5.69 Å². The van der Waals surface area contributed by atoms with Crippen molar-refractivity contribution in [1.82, 2.24) is 9.97 Å². The molecular formula is C11H10N2O3S. The molecule has 0 amide bonds. The molecule has 0 aliphatic rings. The predicted molar refractivity (Wildman–Crippen MR) is 63.7 cm³/mol. The standard InChI is InChI=1S/C11H10N2O3S/c1-17(15)10-4-2-8(3-5-10)16-9-6-12-11(14)13-7-9/h2-7H,1H3,(H,12,13,14). The second-order valence-electron chi connectivity index (χ2n) is 3.28. The van der Waals surface area contributed by atoms with Crippen molar-refractivity contribution in [1.29, 1.82) is 0 Å². The summed E-state index contributed by atoms with van der Waals surface area (Å²) in [7, 11) is -1.00. The van der Waals surface area contributed by atoms with Crippen LogP contribution in [0, 0.1) is 0 Å². The van der Waals surface area contributed by atoms with Crippen molar-refractivity contribution in [3.05, 3.63) is 47.1 Å². The van der Waals surface area contributed by atoms with Crippen LogP contribution in [-0.4, -0.2) is 20.4 Å². The van der Waals surface area contributed by atoms with Gasteiger partial charge in [-0.25, -0.2) is 4.79 Å². The Morgan fingerprint density at radius 1 is 1.24 bits per heavy atom. The van der Waals surface area contributed by atoms with Crippen molar-refractivity contribution in [2.75, 3.05) is 6.26 Å². The van der Waals surface area contributed by atoms with E-state index in [1.807, 2.05) is 0 Å². The van der Waals surface area contributed by atoms with E-state index in [0.29, 0.717) is 11.5 Å². The summed E-state index contributed by atoms with van der Waals surface area (Å²) in [6.07, 6.45) is 4.38. The zero-order valence-corrected chi connectivity index (χ0v) is 9.86. The monoisotopic (exact) mass is 250 g/mol. The number of rotatable bonds is 3. The summed E-state index contributed by atoms with van der Waals surface area (Å²) in [5, 5.41) is 0. The number of aromatic nitrogens is 2. The number of nitrogens with one attached hydrogen (secondary N) is 1. The van der Waals surface area contributed by atoms with E-state index in [2.05, 4.69) is 9.97 Å². The van der Waals surface area contributed by atoms with Gasteiger partial charge in [-0.3, -0.25) is 4.21 Å². The Morgan fingerprint density at radius 3 is 2.47 bits per heavy atom. The Bertz CT molecular complexity index is 572. The first-order valence-electron chi connectivity index (χ1n) is 4.81. The number of hydrogen-bond donors (Lipinski definition) is 1. The van der Waals surface area contributed by atoms with E-state index in [0.717, 1.165) is 4.90 Å². The highest BCUT2D eigenvalue weighted by Crippen LogP contribution is 2.20. The number of hydrogen-bond acceptors (Lipinski definition) is 4. The average molecular weight is 250 g/mol. The van der Waals surface area contributed by atoms with E-state index >= 15 is 0 Å². The first-order valence-corrected chi connectivity index (χ1v) is 6.37. The number of H-pyrrole nitrogens is 1. The third kappa shape index (κ3) is 3.01. The fourth-order valence-electron chi connectivity index (χ4n) is 1.22. The van der Waals surface area contributed by atoms with Crippen LogP contribution in [0.2, 0.25) is 0 Å². The zero-order valence-electron chi connectivity index (χ0n) is 9.04. The molecule has 0 fully saturated rings. The topological polar surface area (TPSA) is 72.0 Å². The Labute approximate surface area is 99.9 Å². The van der Waals surface area contributed by atoms with E-state index in [4.69, 9.17) is 4.74 Å². The number of benzene rings is 1. The van der Waals surface area contributed by atoms with E-state index in [-0.39, 0.29) is 0 Å². The molecule has 0 aliphatic heterocycles. The SMILES string of the molecule is CS(=O)c1ccc(Oc2cnc(=O)[nH]c2)cc1. The number of aromatic amines is 1.